The Labute approximate surface area is 183 Å². The van der Waals surface area contributed by atoms with E-state index in [-0.39, 0.29) is 12.3 Å². The highest BCUT2D eigenvalue weighted by molar-refractivity contribution is 8.26. The molecule has 2 heterocycles. The van der Waals surface area contributed by atoms with Crippen molar-refractivity contribution in [3.63, 3.8) is 0 Å². The third-order valence-electron chi connectivity index (χ3n) is 4.33. The molecule has 9 heteroatoms. The number of ether oxygens (including phenoxy) is 2. The SMILES string of the molecule is COc1ccc(/C=C2\SC(=S)N(CCCC(=O)O)C2=O)cc1COCc1ccco1. The van der Waals surface area contributed by atoms with E-state index in [4.69, 9.17) is 31.2 Å². The van der Waals surface area contributed by atoms with Crippen molar-refractivity contribution in [1.82, 2.24) is 4.90 Å². The zero-order valence-corrected chi connectivity index (χ0v) is 18.0. The van der Waals surface area contributed by atoms with Crippen molar-refractivity contribution < 1.29 is 28.6 Å². The summed E-state index contributed by atoms with van der Waals surface area (Å²) in [5, 5.41) is 8.77. The van der Waals surface area contributed by atoms with Crippen molar-refractivity contribution in [3.05, 3.63) is 58.4 Å². The topological polar surface area (TPSA) is 89.2 Å². The molecule has 0 atom stereocenters. The van der Waals surface area contributed by atoms with Crippen molar-refractivity contribution in [2.24, 2.45) is 0 Å². The molecule has 1 aliphatic rings. The maximum absolute atomic E-state index is 12.6. The van der Waals surface area contributed by atoms with Gasteiger partial charge in [-0.2, -0.15) is 0 Å². The zero-order chi connectivity index (χ0) is 21.5. The van der Waals surface area contributed by atoms with Gasteiger partial charge in [-0.3, -0.25) is 14.5 Å². The molecule has 1 aromatic carbocycles. The van der Waals surface area contributed by atoms with Gasteiger partial charge in [-0.05, 0) is 42.3 Å². The number of aliphatic carboxylic acids is 1. The van der Waals surface area contributed by atoms with Gasteiger partial charge in [-0.25, -0.2) is 0 Å². The van der Waals surface area contributed by atoms with Crippen LogP contribution >= 0.6 is 24.0 Å². The van der Waals surface area contributed by atoms with Crippen LogP contribution in [-0.2, 0) is 27.5 Å². The maximum atomic E-state index is 12.6. The van der Waals surface area contributed by atoms with Crippen LogP contribution in [0.25, 0.3) is 6.08 Å². The summed E-state index contributed by atoms with van der Waals surface area (Å²) in [5.74, 6) is 0.322. The Morgan fingerprint density at radius 3 is 2.87 bits per heavy atom. The molecule has 1 aliphatic heterocycles. The number of carbonyl (C=O) groups is 2. The number of amides is 1. The maximum Gasteiger partial charge on any atom is 0.303 e. The second kappa shape index (κ2) is 10.4. The average molecular weight is 448 g/mol. The lowest BCUT2D eigenvalue weighted by molar-refractivity contribution is -0.137. The minimum absolute atomic E-state index is 0.00402. The standard InChI is InChI=1S/C21H21NO6S2/c1-26-17-7-6-14(10-15(17)12-27-13-16-4-3-9-28-16)11-18-20(25)22(21(29)30-18)8-2-5-19(23)24/h3-4,6-7,9-11H,2,5,8,12-13H2,1H3,(H,23,24)/b18-11-. The number of carboxylic acid groups (broad SMARTS) is 1. The predicted molar refractivity (Wildman–Crippen MR) is 117 cm³/mol. The van der Waals surface area contributed by atoms with Gasteiger partial charge in [0.1, 0.15) is 22.4 Å². The number of rotatable bonds is 10. The van der Waals surface area contributed by atoms with Crippen LogP contribution in [-0.4, -0.2) is 39.9 Å². The first-order valence-corrected chi connectivity index (χ1v) is 10.4. The number of methoxy groups -OCH3 is 1. The van der Waals surface area contributed by atoms with E-state index in [1.807, 2.05) is 24.3 Å². The number of hydrogen-bond acceptors (Lipinski definition) is 7. The molecule has 0 radical (unpaired) electrons. The van der Waals surface area contributed by atoms with Crippen LogP contribution in [0.3, 0.4) is 0 Å². The molecule has 0 saturated carbocycles. The molecule has 1 fully saturated rings. The summed E-state index contributed by atoms with van der Waals surface area (Å²) in [6, 6.07) is 9.22. The van der Waals surface area contributed by atoms with E-state index in [1.165, 1.54) is 16.7 Å². The molecule has 1 aromatic heterocycles. The largest absolute Gasteiger partial charge is 0.496 e. The summed E-state index contributed by atoms with van der Waals surface area (Å²) in [6.45, 7) is 0.958. The molecule has 7 nitrogen and oxygen atoms in total. The Bertz CT molecular complexity index is 954. The van der Waals surface area contributed by atoms with Gasteiger partial charge in [0.2, 0.25) is 0 Å². The highest BCUT2D eigenvalue weighted by Gasteiger charge is 2.31. The fourth-order valence-electron chi connectivity index (χ4n) is 2.89. The number of thiocarbonyl (C=S) groups is 1. The number of hydrogen-bond donors (Lipinski definition) is 1. The fraction of sp³-hybridized carbons (Fsp3) is 0.286. The molecule has 1 amide bonds. The number of thioether (sulfide) groups is 1. The van der Waals surface area contributed by atoms with Gasteiger partial charge < -0.3 is 19.0 Å². The van der Waals surface area contributed by atoms with Crippen molar-refractivity contribution in [3.8, 4) is 5.75 Å². The number of benzene rings is 1. The number of carboxylic acids is 1. The molecule has 158 valence electrons. The fourth-order valence-corrected chi connectivity index (χ4v) is 4.20. The van der Waals surface area contributed by atoms with Crippen LogP contribution in [0.15, 0.2) is 45.9 Å². The van der Waals surface area contributed by atoms with Gasteiger partial charge in [0.25, 0.3) is 5.91 Å². The monoisotopic (exact) mass is 447 g/mol. The summed E-state index contributed by atoms with van der Waals surface area (Å²) in [6.07, 6.45) is 3.72. The first kappa shape index (κ1) is 22.1. The van der Waals surface area contributed by atoms with Crippen molar-refractivity contribution in [1.29, 1.82) is 0 Å². The zero-order valence-electron chi connectivity index (χ0n) is 16.3. The smallest absolute Gasteiger partial charge is 0.303 e. The third kappa shape index (κ3) is 5.71. The number of nitrogens with zero attached hydrogens (tertiary/aromatic N) is 1. The first-order valence-electron chi connectivity index (χ1n) is 9.22. The lowest BCUT2D eigenvalue weighted by Gasteiger charge is -2.13. The Morgan fingerprint density at radius 2 is 2.17 bits per heavy atom. The van der Waals surface area contributed by atoms with Crippen LogP contribution in [0.1, 0.15) is 29.7 Å². The van der Waals surface area contributed by atoms with Crippen molar-refractivity contribution >= 4 is 46.3 Å². The molecular weight excluding hydrogens is 426 g/mol. The Hall–Kier alpha value is -2.62. The Kier molecular flexibility index (Phi) is 7.67. The molecule has 0 bridgehead atoms. The van der Waals surface area contributed by atoms with E-state index in [0.29, 0.717) is 41.2 Å². The lowest BCUT2D eigenvalue weighted by Crippen LogP contribution is -2.29. The minimum atomic E-state index is -0.893. The molecule has 1 N–H and O–H groups in total. The second-order valence-electron chi connectivity index (χ2n) is 6.47. The number of furan rings is 1. The van der Waals surface area contributed by atoms with Crippen LogP contribution < -0.4 is 4.74 Å². The predicted octanol–water partition coefficient (Wildman–Crippen LogP) is 4.07. The highest BCUT2D eigenvalue weighted by atomic mass is 32.2. The van der Waals surface area contributed by atoms with E-state index in [9.17, 15) is 9.59 Å². The molecule has 1 saturated heterocycles. The summed E-state index contributed by atoms with van der Waals surface area (Å²) >= 11 is 6.50. The van der Waals surface area contributed by atoms with E-state index in [1.54, 1.807) is 25.5 Å². The van der Waals surface area contributed by atoms with Crippen LogP contribution in [0.5, 0.6) is 5.75 Å². The quantitative estimate of drug-likeness (QED) is 0.431. The van der Waals surface area contributed by atoms with Gasteiger partial charge in [-0.1, -0.05) is 30.0 Å². The summed E-state index contributed by atoms with van der Waals surface area (Å²) < 4.78 is 16.8. The molecule has 0 unspecified atom stereocenters. The van der Waals surface area contributed by atoms with E-state index in [0.717, 1.165) is 16.9 Å². The van der Waals surface area contributed by atoms with Gasteiger partial charge in [-0.15, -0.1) is 0 Å². The van der Waals surface area contributed by atoms with Gasteiger partial charge in [0.05, 0.1) is 24.9 Å². The van der Waals surface area contributed by atoms with Gasteiger partial charge >= 0.3 is 5.97 Å². The highest BCUT2D eigenvalue weighted by Crippen LogP contribution is 2.33. The molecule has 30 heavy (non-hydrogen) atoms. The average Bonchev–Trinajstić information content (AvgIpc) is 3.32. The van der Waals surface area contributed by atoms with Crippen LogP contribution in [0.4, 0.5) is 0 Å². The van der Waals surface area contributed by atoms with E-state index >= 15 is 0 Å². The Morgan fingerprint density at radius 1 is 1.33 bits per heavy atom. The molecule has 3 rings (SSSR count). The summed E-state index contributed by atoms with van der Waals surface area (Å²) in [4.78, 5) is 25.3. The Balaban J connectivity index is 1.69. The molecule has 0 spiro atoms. The van der Waals surface area contributed by atoms with Crippen LogP contribution in [0, 0.1) is 0 Å². The van der Waals surface area contributed by atoms with E-state index in [2.05, 4.69) is 0 Å². The van der Waals surface area contributed by atoms with E-state index < -0.39 is 5.97 Å². The van der Waals surface area contributed by atoms with Crippen molar-refractivity contribution in [2.75, 3.05) is 13.7 Å². The number of carbonyl (C=O) groups excluding carboxylic acids is 1. The minimum Gasteiger partial charge on any atom is -0.496 e. The lowest BCUT2D eigenvalue weighted by atomic mass is 10.1. The first-order chi connectivity index (χ1) is 14.5. The van der Waals surface area contributed by atoms with Crippen LogP contribution in [0.2, 0.25) is 0 Å². The second-order valence-corrected chi connectivity index (χ2v) is 8.15. The van der Waals surface area contributed by atoms with Gasteiger partial charge in [0.15, 0.2) is 0 Å². The molecule has 2 aromatic rings. The molecular formula is C21H21NO6S2. The van der Waals surface area contributed by atoms with Crippen molar-refractivity contribution in [2.45, 2.75) is 26.1 Å². The normalized spacial score (nSPS) is 15.2. The third-order valence-corrected chi connectivity index (χ3v) is 5.71. The summed E-state index contributed by atoms with van der Waals surface area (Å²) in [7, 11) is 1.59. The molecule has 0 aliphatic carbocycles. The van der Waals surface area contributed by atoms with Gasteiger partial charge in [0, 0.05) is 18.5 Å². The summed E-state index contributed by atoms with van der Waals surface area (Å²) in [5.41, 5.74) is 1.66.